The monoisotopic (exact) mass is 393 g/mol. The van der Waals surface area contributed by atoms with Crippen molar-refractivity contribution >= 4 is 33.2 Å². The van der Waals surface area contributed by atoms with Crippen LogP contribution in [-0.2, 0) is 14.8 Å². The van der Waals surface area contributed by atoms with Crippen molar-refractivity contribution in [2.75, 3.05) is 22.4 Å². The summed E-state index contributed by atoms with van der Waals surface area (Å²) in [6.07, 6.45) is 1.30. The van der Waals surface area contributed by atoms with E-state index in [1.54, 1.807) is 18.2 Å². The van der Waals surface area contributed by atoms with Gasteiger partial charge in [0, 0.05) is 13.0 Å². The van der Waals surface area contributed by atoms with Gasteiger partial charge in [0.15, 0.2) is 0 Å². The lowest BCUT2D eigenvalue weighted by Gasteiger charge is -2.22. The number of primary amides is 1. The SMILES string of the molecule is CS(=O)(=O)N(CCCC(=O)Nc1ccccc1C(N)=O)c1ccc(F)cc1. The van der Waals surface area contributed by atoms with Crippen molar-refractivity contribution in [2.24, 2.45) is 5.73 Å². The van der Waals surface area contributed by atoms with Gasteiger partial charge in [0.25, 0.3) is 5.91 Å². The van der Waals surface area contributed by atoms with Crippen LogP contribution in [0.1, 0.15) is 23.2 Å². The number of carbonyl (C=O) groups excluding carboxylic acids is 2. The van der Waals surface area contributed by atoms with Crippen LogP contribution in [0.3, 0.4) is 0 Å². The summed E-state index contributed by atoms with van der Waals surface area (Å²) in [5.41, 5.74) is 6.07. The maximum Gasteiger partial charge on any atom is 0.250 e. The standard InChI is InChI=1S/C18H20FN3O4S/c1-27(25,26)22(14-10-8-13(19)9-11-14)12-4-7-17(23)21-16-6-3-2-5-15(16)18(20)24/h2-3,5-6,8-11H,4,7,12H2,1H3,(H2,20,24)(H,21,23). The van der Waals surface area contributed by atoms with Crippen LogP contribution >= 0.6 is 0 Å². The molecule has 144 valence electrons. The highest BCUT2D eigenvalue weighted by molar-refractivity contribution is 7.92. The summed E-state index contributed by atoms with van der Waals surface area (Å²) in [5.74, 6) is -1.51. The van der Waals surface area contributed by atoms with Crippen LogP contribution in [0.5, 0.6) is 0 Å². The summed E-state index contributed by atoms with van der Waals surface area (Å²) in [6, 6.07) is 11.4. The van der Waals surface area contributed by atoms with Crippen LogP contribution in [0, 0.1) is 5.82 Å². The second-order valence-corrected chi connectivity index (χ2v) is 7.78. The number of nitrogens with zero attached hydrogens (tertiary/aromatic N) is 1. The number of rotatable bonds is 8. The van der Waals surface area contributed by atoms with E-state index in [1.165, 1.54) is 30.3 Å². The molecule has 2 amide bonds. The minimum absolute atomic E-state index is 0.0281. The van der Waals surface area contributed by atoms with E-state index >= 15 is 0 Å². The topological polar surface area (TPSA) is 110 Å². The second kappa shape index (κ2) is 8.63. The van der Waals surface area contributed by atoms with Crippen molar-refractivity contribution in [3.8, 4) is 0 Å². The molecule has 0 atom stereocenters. The van der Waals surface area contributed by atoms with Gasteiger partial charge >= 0.3 is 0 Å². The molecule has 0 heterocycles. The number of nitrogens with one attached hydrogen (secondary N) is 1. The van der Waals surface area contributed by atoms with Crippen molar-refractivity contribution < 1.29 is 22.4 Å². The van der Waals surface area contributed by atoms with E-state index in [1.807, 2.05) is 0 Å². The first-order chi connectivity index (χ1) is 12.7. The molecule has 2 aromatic rings. The smallest absolute Gasteiger partial charge is 0.250 e. The van der Waals surface area contributed by atoms with Crippen LogP contribution in [0.4, 0.5) is 15.8 Å². The van der Waals surface area contributed by atoms with Gasteiger partial charge in [-0.3, -0.25) is 13.9 Å². The molecule has 7 nitrogen and oxygen atoms in total. The van der Waals surface area contributed by atoms with Gasteiger partial charge < -0.3 is 11.1 Å². The Morgan fingerprint density at radius 3 is 2.33 bits per heavy atom. The molecule has 2 aromatic carbocycles. The Morgan fingerprint density at radius 2 is 1.74 bits per heavy atom. The van der Waals surface area contributed by atoms with E-state index < -0.39 is 21.7 Å². The average molecular weight is 393 g/mol. The summed E-state index contributed by atoms with van der Waals surface area (Å²) in [7, 11) is -3.59. The van der Waals surface area contributed by atoms with Crippen molar-refractivity contribution in [3.05, 3.63) is 59.9 Å². The molecule has 0 unspecified atom stereocenters. The van der Waals surface area contributed by atoms with E-state index in [0.717, 1.165) is 10.6 Å². The molecule has 0 saturated heterocycles. The molecule has 2 rings (SSSR count). The Balaban J connectivity index is 2.00. The first-order valence-electron chi connectivity index (χ1n) is 8.10. The molecular formula is C18H20FN3O4S. The molecule has 0 fully saturated rings. The van der Waals surface area contributed by atoms with Gasteiger partial charge in [-0.2, -0.15) is 0 Å². The van der Waals surface area contributed by atoms with Gasteiger partial charge in [0.1, 0.15) is 5.82 Å². The zero-order valence-electron chi connectivity index (χ0n) is 14.7. The lowest BCUT2D eigenvalue weighted by Crippen LogP contribution is -2.31. The van der Waals surface area contributed by atoms with Crippen LogP contribution < -0.4 is 15.4 Å². The van der Waals surface area contributed by atoms with Gasteiger partial charge in [0.05, 0.1) is 23.2 Å². The molecule has 0 spiro atoms. The number of benzene rings is 2. The van der Waals surface area contributed by atoms with Gasteiger partial charge in [-0.05, 0) is 42.8 Å². The van der Waals surface area contributed by atoms with Gasteiger partial charge in [-0.15, -0.1) is 0 Å². The first kappa shape index (κ1) is 20.4. The van der Waals surface area contributed by atoms with Crippen molar-refractivity contribution in [3.63, 3.8) is 0 Å². The highest BCUT2D eigenvalue weighted by Crippen LogP contribution is 2.19. The van der Waals surface area contributed by atoms with Crippen LogP contribution in [0.25, 0.3) is 0 Å². The quantitative estimate of drug-likeness (QED) is 0.716. The minimum atomic E-state index is -3.59. The normalized spacial score (nSPS) is 11.0. The Hall–Kier alpha value is -2.94. The highest BCUT2D eigenvalue weighted by Gasteiger charge is 2.18. The maximum absolute atomic E-state index is 13.0. The van der Waals surface area contributed by atoms with Crippen molar-refractivity contribution in [2.45, 2.75) is 12.8 Å². The summed E-state index contributed by atoms with van der Waals surface area (Å²) < 4.78 is 38.1. The average Bonchev–Trinajstić information content (AvgIpc) is 2.59. The van der Waals surface area contributed by atoms with Gasteiger partial charge in [0.2, 0.25) is 15.9 Å². The molecule has 9 heteroatoms. The molecule has 3 N–H and O–H groups in total. The highest BCUT2D eigenvalue weighted by atomic mass is 32.2. The van der Waals surface area contributed by atoms with Gasteiger partial charge in [-0.25, -0.2) is 12.8 Å². The number of anilines is 2. The molecule has 0 aliphatic heterocycles. The van der Waals surface area contributed by atoms with Crippen LogP contribution in [0.15, 0.2) is 48.5 Å². The number of halogens is 1. The Labute approximate surface area is 157 Å². The lowest BCUT2D eigenvalue weighted by molar-refractivity contribution is -0.116. The molecule has 0 bridgehead atoms. The summed E-state index contributed by atoms with van der Waals surface area (Å²) >= 11 is 0. The number of para-hydroxylation sites is 1. The molecular weight excluding hydrogens is 373 g/mol. The minimum Gasteiger partial charge on any atom is -0.366 e. The molecule has 0 aliphatic rings. The second-order valence-electron chi connectivity index (χ2n) is 5.87. The third-order valence-electron chi connectivity index (χ3n) is 3.75. The van der Waals surface area contributed by atoms with Crippen molar-refractivity contribution in [1.82, 2.24) is 0 Å². The number of hydrogen-bond donors (Lipinski definition) is 2. The summed E-state index contributed by atoms with van der Waals surface area (Å²) in [4.78, 5) is 23.5. The first-order valence-corrected chi connectivity index (χ1v) is 9.95. The number of sulfonamides is 1. The van der Waals surface area contributed by atoms with Gasteiger partial charge in [-0.1, -0.05) is 12.1 Å². The number of nitrogens with two attached hydrogens (primary N) is 1. The lowest BCUT2D eigenvalue weighted by atomic mass is 10.1. The maximum atomic E-state index is 13.0. The largest absolute Gasteiger partial charge is 0.366 e. The predicted octanol–water partition coefficient (Wildman–Crippen LogP) is 2.11. The zero-order valence-corrected chi connectivity index (χ0v) is 15.5. The fourth-order valence-electron chi connectivity index (χ4n) is 2.50. The number of carbonyl (C=O) groups is 2. The van der Waals surface area contributed by atoms with Crippen molar-refractivity contribution in [1.29, 1.82) is 0 Å². The van der Waals surface area contributed by atoms with E-state index in [4.69, 9.17) is 5.73 Å². The van der Waals surface area contributed by atoms with E-state index in [9.17, 15) is 22.4 Å². The summed E-state index contributed by atoms with van der Waals surface area (Å²) in [5, 5.41) is 2.59. The van der Waals surface area contributed by atoms with E-state index in [0.29, 0.717) is 11.4 Å². The van der Waals surface area contributed by atoms with E-state index in [2.05, 4.69) is 5.32 Å². The number of hydrogen-bond acceptors (Lipinski definition) is 4. The fraction of sp³-hybridized carbons (Fsp3) is 0.222. The molecule has 0 radical (unpaired) electrons. The zero-order chi connectivity index (χ0) is 20.0. The Kier molecular flexibility index (Phi) is 6.51. The molecule has 0 saturated carbocycles. The van der Waals surface area contributed by atoms with E-state index in [-0.39, 0.29) is 30.9 Å². The Morgan fingerprint density at radius 1 is 1.11 bits per heavy atom. The molecule has 27 heavy (non-hydrogen) atoms. The predicted molar refractivity (Wildman–Crippen MR) is 101 cm³/mol. The molecule has 0 aliphatic carbocycles. The van der Waals surface area contributed by atoms with Crippen LogP contribution in [0.2, 0.25) is 0 Å². The third kappa shape index (κ3) is 5.78. The summed E-state index contributed by atoms with van der Waals surface area (Å²) in [6.45, 7) is 0.0509. The Bertz CT molecular complexity index is 930. The fourth-order valence-corrected chi connectivity index (χ4v) is 3.46. The number of amides is 2. The van der Waals surface area contributed by atoms with Crippen LogP contribution in [-0.4, -0.2) is 33.0 Å². The third-order valence-corrected chi connectivity index (χ3v) is 4.94. The molecule has 0 aromatic heterocycles.